The summed E-state index contributed by atoms with van der Waals surface area (Å²) in [6.45, 7) is 2.21. The molecule has 1 nitrogen and oxygen atoms in total. The number of thioether (sulfide) groups is 1. The van der Waals surface area contributed by atoms with Crippen LogP contribution in [0, 0.1) is 0 Å². The van der Waals surface area contributed by atoms with E-state index in [9.17, 15) is 0 Å². The number of nitrogens with two attached hydrogens (primary N) is 1. The van der Waals surface area contributed by atoms with E-state index in [0.717, 1.165) is 5.75 Å². The molecule has 0 aliphatic carbocycles. The quantitative estimate of drug-likeness (QED) is 0.456. The molecule has 0 aromatic carbocycles. The third-order valence-electron chi connectivity index (χ3n) is 1.24. The zero-order chi connectivity index (χ0) is 7.82. The monoisotopic (exact) mass is 241 g/mol. The van der Waals surface area contributed by atoms with Crippen molar-refractivity contribution in [1.82, 2.24) is 0 Å². The Morgan fingerprint density at radius 1 is 1.36 bits per heavy atom. The molecule has 0 rings (SSSR count). The van der Waals surface area contributed by atoms with Crippen LogP contribution in [-0.2, 0) is 19.5 Å². The normalized spacial score (nSPS) is 8.82. The predicted molar refractivity (Wildman–Crippen MR) is 53.4 cm³/mol. The molecule has 0 amide bonds. The number of thiocarbonyl (C=S) groups is 1. The summed E-state index contributed by atoms with van der Waals surface area (Å²) in [4.78, 5) is 0. The van der Waals surface area contributed by atoms with Crippen molar-refractivity contribution in [1.29, 1.82) is 0 Å². The van der Waals surface area contributed by atoms with Gasteiger partial charge in [-0.3, -0.25) is 0 Å². The molecule has 0 aromatic rings. The van der Waals surface area contributed by atoms with Crippen LogP contribution < -0.4 is 5.73 Å². The fourth-order valence-corrected chi connectivity index (χ4v) is 1.50. The van der Waals surface area contributed by atoms with E-state index in [2.05, 4.69) is 6.92 Å². The molecule has 2 N–H and O–H groups in total. The molecule has 62 valence electrons. The zero-order valence-electron chi connectivity index (χ0n) is 7.14. The standard InChI is InChI=1S/C7H15NS2.Zn/c1-2-3-4-5-6-10-7(8)9;/h2-6H2,1H3,(H2,8,9);. The molecule has 0 atom stereocenters. The smallest absolute Gasteiger partial charge is 0.131 e. The Morgan fingerprint density at radius 3 is 2.45 bits per heavy atom. The second-order valence-electron chi connectivity index (χ2n) is 2.23. The molecule has 0 aromatic heterocycles. The van der Waals surface area contributed by atoms with Crippen LogP contribution >= 0.6 is 24.0 Å². The fourth-order valence-electron chi connectivity index (χ4n) is 0.702. The minimum absolute atomic E-state index is 0. The maximum atomic E-state index is 5.30. The van der Waals surface area contributed by atoms with E-state index in [0.29, 0.717) is 4.32 Å². The Bertz CT molecular complexity index is 98.4. The first-order valence-electron chi connectivity index (χ1n) is 3.69. The summed E-state index contributed by atoms with van der Waals surface area (Å²) in [5, 5.41) is 0. The summed E-state index contributed by atoms with van der Waals surface area (Å²) in [6.07, 6.45) is 5.18. The van der Waals surface area contributed by atoms with Gasteiger partial charge in [0.05, 0.1) is 0 Å². The van der Waals surface area contributed by atoms with Gasteiger partial charge in [-0.15, -0.1) is 0 Å². The van der Waals surface area contributed by atoms with Crippen molar-refractivity contribution in [2.24, 2.45) is 5.73 Å². The van der Waals surface area contributed by atoms with Crippen molar-refractivity contribution in [3.63, 3.8) is 0 Å². The van der Waals surface area contributed by atoms with Crippen LogP contribution in [0.3, 0.4) is 0 Å². The van der Waals surface area contributed by atoms with Crippen LogP contribution in [-0.4, -0.2) is 10.1 Å². The molecule has 4 heteroatoms. The molecule has 0 bridgehead atoms. The van der Waals surface area contributed by atoms with Crippen molar-refractivity contribution in [3.8, 4) is 0 Å². The van der Waals surface area contributed by atoms with Crippen LogP contribution in [0.2, 0.25) is 0 Å². The van der Waals surface area contributed by atoms with E-state index in [-0.39, 0.29) is 19.5 Å². The summed E-state index contributed by atoms with van der Waals surface area (Å²) in [6, 6.07) is 0. The van der Waals surface area contributed by atoms with E-state index >= 15 is 0 Å². The Balaban J connectivity index is 0. The number of rotatable bonds is 5. The van der Waals surface area contributed by atoms with Crippen LogP contribution in [0.5, 0.6) is 0 Å². The molecule has 0 saturated heterocycles. The summed E-state index contributed by atoms with van der Waals surface area (Å²) >= 11 is 6.31. The molecule has 0 heterocycles. The van der Waals surface area contributed by atoms with Gasteiger partial charge in [0.2, 0.25) is 0 Å². The summed E-state index contributed by atoms with van der Waals surface area (Å²) in [5.74, 6) is 1.09. The molecular formula is C7H15NS2Zn. The van der Waals surface area contributed by atoms with Crippen LogP contribution in [0.25, 0.3) is 0 Å². The number of hydrogen-bond donors (Lipinski definition) is 1. The van der Waals surface area contributed by atoms with Gasteiger partial charge in [-0.05, 0) is 6.42 Å². The minimum atomic E-state index is 0. The average molecular weight is 243 g/mol. The Kier molecular flexibility index (Phi) is 14.2. The molecule has 0 fully saturated rings. The minimum Gasteiger partial charge on any atom is -0.385 e. The van der Waals surface area contributed by atoms with Gasteiger partial charge in [0.15, 0.2) is 0 Å². The third-order valence-corrected chi connectivity index (χ3v) is 2.37. The van der Waals surface area contributed by atoms with Crippen LogP contribution in [0.1, 0.15) is 32.6 Å². The van der Waals surface area contributed by atoms with Crippen LogP contribution in [0.15, 0.2) is 0 Å². The molecule has 0 unspecified atom stereocenters. The Labute approximate surface area is 91.6 Å². The van der Waals surface area contributed by atoms with E-state index < -0.39 is 0 Å². The van der Waals surface area contributed by atoms with Gasteiger partial charge in [0, 0.05) is 25.2 Å². The van der Waals surface area contributed by atoms with Gasteiger partial charge in [-0.25, -0.2) is 0 Å². The van der Waals surface area contributed by atoms with Gasteiger partial charge in [0.25, 0.3) is 0 Å². The molecule has 0 aliphatic rings. The second-order valence-corrected chi connectivity index (χ2v) is 4.06. The first-order valence-corrected chi connectivity index (χ1v) is 5.09. The Hall–Kier alpha value is 0.863. The summed E-state index contributed by atoms with van der Waals surface area (Å²) < 4.78 is 0.580. The fraction of sp³-hybridized carbons (Fsp3) is 0.857. The summed E-state index contributed by atoms with van der Waals surface area (Å²) in [7, 11) is 0. The van der Waals surface area contributed by atoms with E-state index in [1.165, 1.54) is 25.7 Å². The SMILES string of the molecule is CCCCCCSC(N)=S.[Zn]. The van der Waals surface area contributed by atoms with E-state index in [1.807, 2.05) is 0 Å². The van der Waals surface area contributed by atoms with Gasteiger partial charge >= 0.3 is 0 Å². The van der Waals surface area contributed by atoms with Crippen molar-refractivity contribution >= 4 is 28.3 Å². The number of unbranched alkanes of at least 4 members (excludes halogenated alkanes) is 3. The van der Waals surface area contributed by atoms with Crippen LogP contribution in [0.4, 0.5) is 0 Å². The average Bonchev–Trinajstić information content (AvgIpc) is 1.87. The number of hydrogen-bond acceptors (Lipinski definition) is 2. The first-order chi connectivity index (χ1) is 4.77. The van der Waals surface area contributed by atoms with Crippen molar-refractivity contribution in [3.05, 3.63) is 0 Å². The molecule has 0 radical (unpaired) electrons. The molecule has 11 heavy (non-hydrogen) atoms. The Morgan fingerprint density at radius 2 is 2.00 bits per heavy atom. The van der Waals surface area contributed by atoms with E-state index in [4.69, 9.17) is 18.0 Å². The van der Waals surface area contributed by atoms with E-state index in [1.54, 1.807) is 11.8 Å². The largest absolute Gasteiger partial charge is 0.385 e. The predicted octanol–water partition coefficient (Wildman–Crippen LogP) is 2.54. The molecule has 0 spiro atoms. The van der Waals surface area contributed by atoms with Gasteiger partial charge in [0.1, 0.15) is 4.32 Å². The molecule has 0 aliphatic heterocycles. The van der Waals surface area contributed by atoms with Gasteiger partial charge in [-0.1, -0.05) is 50.2 Å². The first kappa shape index (κ1) is 14.4. The summed E-state index contributed by atoms with van der Waals surface area (Å²) in [5.41, 5.74) is 5.30. The van der Waals surface area contributed by atoms with Crippen molar-refractivity contribution < 1.29 is 19.5 Å². The van der Waals surface area contributed by atoms with Gasteiger partial charge < -0.3 is 5.73 Å². The maximum absolute atomic E-state index is 5.30. The topological polar surface area (TPSA) is 26.0 Å². The zero-order valence-corrected chi connectivity index (χ0v) is 11.7. The van der Waals surface area contributed by atoms with Gasteiger partial charge in [-0.2, -0.15) is 0 Å². The van der Waals surface area contributed by atoms with Crippen molar-refractivity contribution in [2.45, 2.75) is 32.6 Å². The molecular weight excluding hydrogens is 228 g/mol. The second kappa shape index (κ2) is 10.9. The van der Waals surface area contributed by atoms with Crippen molar-refractivity contribution in [2.75, 3.05) is 5.75 Å². The molecule has 0 saturated carbocycles. The maximum Gasteiger partial charge on any atom is 0.131 e. The third kappa shape index (κ3) is 13.8.